The monoisotopic (exact) mass is 351 g/mol. The molecule has 0 bridgehead atoms. The molecule has 2 aliphatic rings. The van der Waals surface area contributed by atoms with Crippen molar-refractivity contribution in [2.24, 2.45) is 0 Å². The van der Waals surface area contributed by atoms with Crippen LogP contribution in [0.1, 0.15) is 24.0 Å². The third-order valence-electron chi connectivity index (χ3n) is 5.96. The Bertz CT molecular complexity index is 722. The average Bonchev–Trinajstić information content (AvgIpc) is 2.68. The molecule has 1 aromatic heterocycles. The Labute approximate surface area is 156 Å². The van der Waals surface area contributed by atoms with Crippen molar-refractivity contribution in [1.82, 2.24) is 19.8 Å². The third-order valence-corrected chi connectivity index (χ3v) is 5.96. The van der Waals surface area contributed by atoms with E-state index in [1.807, 2.05) is 18.5 Å². The van der Waals surface area contributed by atoms with Crippen LogP contribution in [0.3, 0.4) is 0 Å². The maximum absolute atomic E-state index is 4.52. The predicted octanol–water partition coefficient (Wildman–Crippen LogP) is 2.39. The van der Waals surface area contributed by atoms with E-state index in [4.69, 9.17) is 0 Å². The van der Waals surface area contributed by atoms with E-state index in [1.54, 1.807) is 5.56 Å². The molecular formula is C21H29N5. The van der Waals surface area contributed by atoms with Gasteiger partial charge in [-0.1, -0.05) is 24.3 Å². The molecule has 3 heterocycles. The number of likely N-dealkylation sites (tertiary alicyclic amines) is 1. The van der Waals surface area contributed by atoms with Crippen LogP contribution in [0.5, 0.6) is 0 Å². The lowest BCUT2D eigenvalue weighted by atomic mass is 9.69. The first kappa shape index (κ1) is 17.4. The van der Waals surface area contributed by atoms with Gasteiger partial charge in [0.15, 0.2) is 0 Å². The van der Waals surface area contributed by atoms with Gasteiger partial charge >= 0.3 is 0 Å². The number of benzene rings is 1. The van der Waals surface area contributed by atoms with E-state index < -0.39 is 0 Å². The lowest BCUT2D eigenvalue weighted by Crippen LogP contribution is -2.53. The van der Waals surface area contributed by atoms with Gasteiger partial charge in [-0.3, -0.25) is 0 Å². The average molecular weight is 351 g/mol. The van der Waals surface area contributed by atoms with Crippen molar-refractivity contribution in [2.45, 2.75) is 24.8 Å². The Morgan fingerprint density at radius 3 is 2.50 bits per heavy atom. The number of fused-ring (bicyclic) bond motifs is 2. The van der Waals surface area contributed by atoms with Gasteiger partial charge in [-0.05, 0) is 57.2 Å². The molecule has 0 N–H and O–H groups in total. The summed E-state index contributed by atoms with van der Waals surface area (Å²) >= 11 is 0. The normalized spacial score (nSPS) is 19.7. The van der Waals surface area contributed by atoms with Crippen LogP contribution in [0, 0.1) is 0 Å². The standard InChI is InChI=1S/C21H29N5/c1-24(2)14-15-25-12-8-21(9-13-25)17-26(20-22-10-5-11-23-20)16-18-6-3-4-7-19(18)21/h3-7,10-11H,8-9,12-17H2,1-2H3. The summed E-state index contributed by atoms with van der Waals surface area (Å²) in [7, 11) is 4.31. The number of likely N-dealkylation sites (N-methyl/N-ethyl adjacent to an activating group) is 1. The van der Waals surface area contributed by atoms with E-state index in [2.05, 4.69) is 63.0 Å². The van der Waals surface area contributed by atoms with E-state index in [0.717, 1.165) is 32.1 Å². The van der Waals surface area contributed by atoms with Gasteiger partial charge in [0.2, 0.25) is 5.95 Å². The fraction of sp³-hybridized carbons (Fsp3) is 0.524. The largest absolute Gasteiger partial charge is 0.336 e. The summed E-state index contributed by atoms with van der Waals surface area (Å²) in [6.45, 7) is 6.57. The fourth-order valence-corrected chi connectivity index (χ4v) is 4.46. The maximum atomic E-state index is 4.52. The lowest BCUT2D eigenvalue weighted by molar-refractivity contribution is 0.146. The molecule has 0 atom stereocenters. The zero-order valence-electron chi connectivity index (χ0n) is 15.9. The van der Waals surface area contributed by atoms with Crippen LogP contribution >= 0.6 is 0 Å². The highest BCUT2D eigenvalue weighted by Gasteiger charge is 2.42. The van der Waals surface area contributed by atoms with Crippen LogP contribution in [0.25, 0.3) is 0 Å². The number of rotatable bonds is 4. The number of hydrogen-bond acceptors (Lipinski definition) is 5. The summed E-state index contributed by atoms with van der Waals surface area (Å²) in [5.74, 6) is 0.858. The summed E-state index contributed by atoms with van der Waals surface area (Å²) in [4.78, 5) is 16.3. The van der Waals surface area contributed by atoms with Crippen LogP contribution < -0.4 is 4.90 Å². The number of hydrogen-bond donors (Lipinski definition) is 0. The summed E-state index contributed by atoms with van der Waals surface area (Å²) in [6, 6.07) is 10.9. The number of nitrogens with zero attached hydrogens (tertiary/aromatic N) is 5. The van der Waals surface area contributed by atoms with E-state index in [1.165, 1.54) is 31.5 Å². The molecule has 0 unspecified atom stereocenters. The minimum absolute atomic E-state index is 0.225. The van der Waals surface area contributed by atoms with Crippen molar-refractivity contribution in [3.8, 4) is 0 Å². The zero-order valence-corrected chi connectivity index (χ0v) is 15.9. The molecule has 5 heteroatoms. The van der Waals surface area contributed by atoms with Crippen LogP contribution in [-0.4, -0.2) is 66.6 Å². The van der Waals surface area contributed by atoms with Crippen LogP contribution in [-0.2, 0) is 12.0 Å². The second-order valence-electron chi connectivity index (χ2n) is 7.99. The van der Waals surface area contributed by atoms with Gasteiger partial charge < -0.3 is 14.7 Å². The van der Waals surface area contributed by atoms with Gasteiger partial charge in [0.25, 0.3) is 0 Å². The highest BCUT2D eigenvalue weighted by molar-refractivity contribution is 5.45. The van der Waals surface area contributed by atoms with E-state index in [0.29, 0.717) is 0 Å². The quantitative estimate of drug-likeness (QED) is 0.845. The minimum Gasteiger partial charge on any atom is -0.336 e. The van der Waals surface area contributed by atoms with Crippen molar-refractivity contribution in [3.63, 3.8) is 0 Å². The molecule has 0 radical (unpaired) electrons. The van der Waals surface area contributed by atoms with Gasteiger partial charge in [0, 0.05) is 44.0 Å². The number of piperidine rings is 1. The maximum Gasteiger partial charge on any atom is 0.225 e. The van der Waals surface area contributed by atoms with E-state index in [9.17, 15) is 0 Å². The molecule has 0 saturated carbocycles. The smallest absolute Gasteiger partial charge is 0.225 e. The van der Waals surface area contributed by atoms with Crippen molar-refractivity contribution in [3.05, 3.63) is 53.9 Å². The zero-order chi connectivity index (χ0) is 18.0. The fourth-order valence-electron chi connectivity index (χ4n) is 4.46. The molecule has 1 fully saturated rings. The first-order valence-corrected chi connectivity index (χ1v) is 9.64. The van der Waals surface area contributed by atoms with Crippen LogP contribution in [0.15, 0.2) is 42.7 Å². The second kappa shape index (κ2) is 7.33. The van der Waals surface area contributed by atoms with E-state index in [-0.39, 0.29) is 5.41 Å². The van der Waals surface area contributed by atoms with Crippen molar-refractivity contribution >= 4 is 5.95 Å². The van der Waals surface area contributed by atoms with Crippen LogP contribution in [0.4, 0.5) is 5.95 Å². The van der Waals surface area contributed by atoms with Gasteiger partial charge in [-0.15, -0.1) is 0 Å². The summed E-state index contributed by atoms with van der Waals surface area (Å²) in [5.41, 5.74) is 3.22. The Morgan fingerprint density at radius 1 is 1.04 bits per heavy atom. The first-order chi connectivity index (χ1) is 12.7. The van der Waals surface area contributed by atoms with E-state index >= 15 is 0 Å². The Balaban J connectivity index is 1.57. The van der Waals surface area contributed by atoms with Crippen LogP contribution in [0.2, 0.25) is 0 Å². The van der Waals surface area contributed by atoms with Crippen molar-refractivity contribution in [2.75, 3.05) is 51.7 Å². The Hall–Kier alpha value is -1.98. The lowest BCUT2D eigenvalue weighted by Gasteiger charge is -2.48. The summed E-state index contributed by atoms with van der Waals surface area (Å²) in [5, 5.41) is 0. The first-order valence-electron chi connectivity index (χ1n) is 9.64. The topological polar surface area (TPSA) is 35.5 Å². The molecule has 26 heavy (non-hydrogen) atoms. The van der Waals surface area contributed by atoms with Gasteiger partial charge in [0.05, 0.1) is 0 Å². The molecule has 0 aliphatic carbocycles. The molecule has 2 aromatic rings. The molecule has 4 rings (SSSR count). The molecule has 5 nitrogen and oxygen atoms in total. The highest BCUT2D eigenvalue weighted by Crippen LogP contribution is 2.42. The molecule has 1 aromatic carbocycles. The van der Waals surface area contributed by atoms with Gasteiger partial charge in [0.1, 0.15) is 0 Å². The third kappa shape index (κ3) is 3.46. The van der Waals surface area contributed by atoms with Crippen molar-refractivity contribution in [1.29, 1.82) is 0 Å². The Morgan fingerprint density at radius 2 is 1.77 bits per heavy atom. The van der Waals surface area contributed by atoms with Gasteiger partial charge in [-0.2, -0.15) is 0 Å². The van der Waals surface area contributed by atoms with Gasteiger partial charge in [-0.25, -0.2) is 9.97 Å². The SMILES string of the molecule is CN(C)CCN1CCC2(CC1)CN(c1ncccn1)Cc1ccccc12. The minimum atomic E-state index is 0.225. The molecular weight excluding hydrogens is 322 g/mol. The molecule has 0 amide bonds. The highest BCUT2D eigenvalue weighted by atomic mass is 15.3. The van der Waals surface area contributed by atoms with Crippen molar-refractivity contribution < 1.29 is 0 Å². The predicted molar refractivity (Wildman–Crippen MR) is 105 cm³/mol. The Kier molecular flexibility index (Phi) is 4.92. The molecule has 1 spiro atoms. The number of anilines is 1. The number of aromatic nitrogens is 2. The molecule has 1 saturated heterocycles. The summed E-state index contributed by atoms with van der Waals surface area (Å²) < 4.78 is 0. The molecule has 2 aliphatic heterocycles. The second-order valence-corrected chi connectivity index (χ2v) is 7.99. The molecule has 138 valence electrons. The summed E-state index contributed by atoms with van der Waals surface area (Å²) in [6.07, 6.45) is 6.11.